The molecule has 0 spiro atoms. The zero-order chi connectivity index (χ0) is 12.0. The molecule has 6 heteroatoms. The van der Waals surface area contributed by atoms with E-state index < -0.39 is 5.97 Å². The number of hydrogen-bond acceptors (Lipinski definition) is 2. The Labute approximate surface area is 100 Å². The molecule has 0 amide bonds. The van der Waals surface area contributed by atoms with Crippen LogP contribution in [0.1, 0.15) is 15.9 Å². The van der Waals surface area contributed by atoms with E-state index in [0.717, 1.165) is 5.56 Å². The number of benzene rings is 1. The molecule has 0 saturated carbocycles. The van der Waals surface area contributed by atoms with Gasteiger partial charge < -0.3 is 5.11 Å². The van der Waals surface area contributed by atoms with E-state index in [1.165, 1.54) is 6.07 Å². The molecule has 1 aromatic carbocycles. The molecule has 0 aliphatic rings. The predicted molar refractivity (Wildman–Crippen MR) is 64.1 cm³/mol. The third-order valence-corrected chi connectivity index (χ3v) is 2.19. The summed E-state index contributed by atoms with van der Waals surface area (Å²) in [7, 11) is 0. The zero-order valence-electron chi connectivity index (χ0n) is 8.17. The summed E-state index contributed by atoms with van der Waals surface area (Å²) in [4.78, 5) is 13.4. The maximum atomic E-state index is 10.8. The van der Waals surface area contributed by atoms with Crippen LogP contribution >= 0.6 is 15.9 Å². The van der Waals surface area contributed by atoms with E-state index in [9.17, 15) is 4.79 Å². The minimum Gasteiger partial charge on any atom is -0.478 e. The van der Waals surface area contributed by atoms with Crippen molar-refractivity contribution in [3.8, 4) is 0 Å². The Morgan fingerprint density at radius 1 is 1.56 bits per heavy atom. The largest absolute Gasteiger partial charge is 0.478 e. The summed E-state index contributed by atoms with van der Waals surface area (Å²) < 4.78 is 0.691. The molecule has 0 unspecified atom stereocenters. The van der Waals surface area contributed by atoms with Gasteiger partial charge in [0.1, 0.15) is 0 Å². The summed E-state index contributed by atoms with van der Waals surface area (Å²) in [6.45, 7) is 0.241. The highest BCUT2D eigenvalue weighted by molar-refractivity contribution is 9.10. The second-order valence-electron chi connectivity index (χ2n) is 2.89. The number of halogens is 1. The SMILES string of the molecule is [N-]=[N+]=NCC=Cc1cc(Br)cc(C(=O)O)c1. The van der Waals surface area contributed by atoms with Gasteiger partial charge in [0.15, 0.2) is 0 Å². The number of rotatable bonds is 4. The van der Waals surface area contributed by atoms with Crippen molar-refractivity contribution in [3.05, 3.63) is 50.3 Å². The fourth-order valence-electron chi connectivity index (χ4n) is 1.10. The molecule has 0 fully saturated rings. The minimum atomic E-state index is -0.981. The van der Waals surface area contributed by atoms with Gasteiger partial charge in [-0.1, -0.05) is 33.2 Å². The van der Waals surface area contributed by atoms with Gasteiger partial charge in [-0.3, -0.25) is 0 Å². The first kappa shape index (κ1) is 12.3. The summed E-state index contributed by atoms with van der Waals surface area (Å²) in [5.74, 6) is -0.981. The van der Waals surface area contributed by atoms with E-state index in [-0.39, 0.29) is 12.1 Å². The van der Waals surface area contributed by atoms with E-state index in [0.29, 0.717) is 4.47 Å². The molecular formula is C10H8BrN3O2. The normalized spacial score (nSPS) is 10.1. The number of nitrogens with zero attached hydrogens (tertiary/aromatic N) is 3. The molecule has 5 nitrogen and oxygen atoms in total. The van der Waals surface area contributed by atoms with E-state index in [1.807, 2.05) is 0 Å². The number of carboxylic acid groups (broad SMARTS) is 1. The highest BCUT2D eigenvalue weighted by Crippen LogP contribution is 2.17. The molecule has 0 aliphatic heterocycles. The number of hydrogen-bond donors (Lipinski definition) is 1. The molecule has 0 aromatic heterocycles. The van der Waals surface area contributed by atoms with Gasteiger partial charge in [0.05, 0.1) is 5.56 Å². The smallest absolute Gasteiger partial charge is 0.335 e. The average molecular weight is 282 g/mol. The van der Waals surface area contributed by atoms with Crippen LogP contribution in [0.5, 0.6) is 0 Å². The third-order valence-electron chi connectivity index (χ3n) is 1.73. The van der Waals surface area contributed by atoms with Crippen molar-refractivity contribution in [3.63, 3.8) is 0 Å². The lowest BCUT2D eigenvalue weighted by Gasteiger charge is -1.99. The van der Waals surface area contributed by atoms with Crippen LogP contribution in [0.2, 0.25) is 0 Å². The van der Waals surface area contributed by atoms with E-state index in [2.05, 4.69) is 26.0 Å². The van der Waals surface area contributed by atoms with E-state index in [1.54, 1.807) is 24.3 Å². The van der Waals surface area contributed by atoms with Gasteiger partial charge in [-0.2, -0.15) is 0 Å². The lowest BCUT2D eigenvalue weighted by Crippen LogP contribution is -1.96. The van der Waals surface area contributed by atoms with Gasteiger partial charge >= 0.3 is 5.97 Å². The summed E-state index contributed by atoms with van der Waals surface area (Å²) in [5, 5.41) is 12.2. The molecule has 1 aromatic rings. The van der Waals surface area contributed by atoms with Crippen LogP contribution in [0.4, 0.5) is 0 Å². The highest BCUT2D eigenvalue weighted by Gasteiger charge is 2.04. The molecule has 82 valence electrons. The quantitative estimate of drug-likeness (QED) is 0.520. The van der Waals surface area contributed by atoms with Crippen LogP contribution < -0.4 is 0 Å². The molecule has 0 heterocycles. The van der Waals surface area contributed by atoms with Crippen LogP contribution in [0.25, 0.3) is 16.5 Å². The summed E-state index contributed by atoms with van der Waals surface area (Å²) >= 11 is 3.22. The predicted octanol–water partition coefficient (Wildman–Crippen LogP) is 3.47. The monoisotopic (exact) mass is 281 g/mol. The fourth-order valence-corrected chi connectivity index (χ4v) is 1.62. The summed E-state index contributed by atoms with van der Waals surface area (Å²) in [6, 6.07) is 4.84. The van der Waals surface area contributed by atoms with Crippen molar-refractivity contribution in [2.75, 3.05) is 6.54 Å². The van der Waals surface area contributed by atoms with Gasteiger partial charge in [0.2, 0.25) is 0 Å². The molecule has 16 heavy (non-hydrogen) atoms. The summed E-state index contributed by atoms with van der Waals surface area (Å²) in [5.41, 5.74) is 9.01. The van der Waals surface area contributed by atoms with Gasteiger partial charge in [0, 0.05) is 15.9 Å². The van der Waals surface area contributed by atoms with Gasteiger partial charge in [-0.25, -0.2) is 4.79 Å². The summed E-state index contributed by atoms with van der Waals surface area (Å²) in [6.07, 6.45) is 3.36. The van der Waals surface area contributed by atoms with Crippen LogP contribution in [-0.2, 0) is 0 Å². The standard InChI is InChI=1S/C10H8BrN3O2/c11-9-5-7(2-1-3-13-14-12)4-8(6-9)10(15)16/h1-2,4-6H,3H2,(H,15,16). The van der Waals surface area contributed by atoms with E-state index in [4.69, 9.17) is 10.6 Å². The van der Waals surface area contributed by atoms with Gasteiger partial charge in [-0.15, -0.1) is 0 Å². The second kappa shape index (κ2) is 5.95. The molecule has 0 atom stereocenters. The first-order valence-corrected chi connectivity index (χ1v) is 5.14. The minimum absolute atomic E-state index is 0.206. The molecular weight excluding hydrogens is 274 g/mol. The number of azide groups is 1. The maximum Gasteiger partial charge on any atom is 0.335 e. The number of carbonyl (C=O) groups is 1. The van der Waals surface area contributed by atoms with Crippen molar-refractivity contribution < 1.29 is 9.90 Å². The molecule has 0 aliphatic carbocycles. The Kier molecular flexibility index (Phi) is 4.57. The Balaban J connectivity index is 2.92. The zero-order valence-corrected chi connectivity index (χ0v) is 9.75. The van der Waals surface area contributed by atoms with Crippen LogP contribution in [0, 0.1) is 0 Å². The van der Waals surface area contributed by atoms with Crippen molar-refractivity contribution in [2.45, 2.75) is 0 Å². The Hall–Kier alpha value is -1.78. The average Bonchev–Trinajstić information content (AvgIpc) is 2.23. The maximum absolute atomic E-state index is 10.8. The van der Waals surface area contributed by atoms with Crippen molar-refractivity contribution >= 4 is 28.0 Å². The number of aromatic carboxylic acids is 1. The molecule has 1 N–H and O–H groups in total. The second-order valence-corrected chi connectivity index (χ2v) is 3.81. The fraction of sp³-hybridized carbons (Fsp3) is 0.100. The first-order valence-electron chi connectivity index (χ1n) is 4.35. The Bertz CT molecular complexity index is 479. The topological polar surface area (TPSA) is 86.1 Å². The van der Waals surface area contributed by atoms with Crippen LogP contribution in [0.3, 0.4) is 0 Å². The Morgan fingerprint density at radius 2 is 2.31 bits per heavy atom. The number of carboxylic acids is 1. The molecule has 0 radical (unpaired) electrons. The highest BCUT2D eigenvalue weighted by atomic mass is 79.9. The third kappa shape index (κ3) is 3.76. The Morgan fingerprint density at radius 3 is 2.94 bits per heavy atom. The van der Waals surface area contributed by atoms with Crippen molar-refractivity contribution in [1.29, 1.82) is 0 Å². The molecule has 0 saturated heterocycles. The van der Waals surface area contributed by atoms with Gasteiger partial charge in [0.25, 0.3) is 0 Å². The van der Waals surface area contributed by atoms with Gasteiger partial charge in [-0.05, 0) is 29.3 Å². The van der Waals surface area contributed by atoms with Crippen LogP contribution in [0.15, 0.2) is 33.9 Å². The lowest BCUT2D eigenvalue weighted by atomic mass is 10.1. The first-order chi connectivity index (χ1) is 7.63. The van der Waals surface area contributed by atoms with Crippen molar-refractivity contribution in [1.82, 2.24) is 0 Å². The molecule has 1 rings (SSSR count). The van der Waals surface area contributed by atoms with Crippen LogP contribution in [-0.4, -0.2) is 17.6 Å². The molecule has 0 bridgehead atoms. The van der Waals surface area contributed by atoms with E-state index >= 15 is 0 Å². The lowest BCUT2D eigenvalue weighted by molar-refractivity contribution is 0.0697. The van der Waals surface area contributed by atoms with Crippen molar-refractivity contribution in [2.24, 2.45) is 5.11 Å².